The fourth-order valence-electron chi connectivity index (χ4n) is 3.48. The summed E-state index contributed by atoms with van der Waals surface area (Å²) in [5.41, 5.74) is -0.0632. The molecular formula is C17H24F4O4Sg-2. The van der Waals surface area contributed by atoms with Crippen LogP contribution in [0.3, 0.4) is 0 Å². The maximum atomic E-state index is 12.6. The predicted octanol–water partition coefficient (Wildman–Crippen LogP) is 3.41. The molecule has 1 N–H and O–H groups in total. The Morgan fingerprint density at radius 2 is 1.92 bits per heavy atom. The van der Waals surface area contributed by atoms with E-state index < -0.39 is 31.3 Å². The summed E-state index contributed by atoms with van der Waals surface area (Å²) in [5, 5.41) is 9.82. The van der Waals surface area contributed by atoms with E-state index in [2.05, 4.69) is 6.58 Å². The summed E-state index contributed by atoms with van der Waals surface area (Å²) in [6, 6.07) is 0. The minimum absolute atomic E-state index is 0. The molecule has 2 bridgehead atoms. The van der Waals surface area contributed by atoms with Crippen LogP contribution in [0.5, 0.6) is 0 Å². The molecule has 0 heterocycles. The van der Waals surface area contributed by atoms with Gasteiger partial charge in [-0.3, -0.25) is 0 Å². The molecule has 0 radical (unpaired) electrons. The Kier molecular flexibility index (Phi) is 8.73. The van der Waals surface area contributed by atoms with Crippen LogP contribution in [-0.4, -0.2) is 42.9 Å². The Bertz CT molecular complexity index is 476. The van der Waals surface area contributed by atoms with Crippen LogP contribution in [0.1, 0.15) is 25.7 Å². The van der Waals surface area contributed by atoms with Crippen molar-refractivity contribution < 1.29 is 36.9 Å². The third-order valence-corrected chi connectivity index (χ3v) is 4.75. The Labute approximate surface area is 145 Å². The van der Waals surface area contributed by atoms with E-state index in [0.29, 0.717) is 5.92 Å². The number of esters is 1. The molecule has 0 aromatic rings. The summed E-state index contributed by atoms with van der Waals surface area (Å²) >= 11 is 0. The molecule has 0 aromatic heterocycles. The zero-order valence-electron chi connectivity index (χ0n) is 14.9. The molecule has 26 heavy (non-hydrogen) atoms. The zero-order chi connectivity index (χ0) is 17.9. The standard InChI is InChI=1S/C16H21F4O4.CH3.Sg/c1-9(7-23-3-2-16(19,20)15(17)18)14(22)24-8-11-4-10-5-12(11)13(21)6-10;;/h10-13,21H,1-8H2;1H3;/q2*-1;. The van der Waals surface area contributed by atoms with Gasteiger partial charge in [-0.05, 0) is 37.0 Å². The first-order valence-corrected chi connectivity index (χ1v) is 7.87. The molecule has 0 aliphatic heterocycles. The third kappa shape index (κ3) is 5.69. The smallest absolute Gasteiger partial charge is 0.335 e. The number of halogens is 4. The number of fused-ring (bicyclic) bond motifs is 2. The molecule has 2 rings (SSSR count). The van der Waals surface area contributed by atoms with Crippen LogP contribution in [0.15, 0.2) is 12.2 Å². The molecule has 2 aliphatic rings. The number of aliphatic hydroxyl groups is 1. The molecular weight excluding hydrogens is 613 g/mol. The maximum Gasteiger partial charge on any atom is 0.335 e. The van der Waals surface area contributed by atoms with Crippen LogP contribution >= 0.6 is 0 Å². The molecule has 2 saturated carbocycles. The van der Waals surface area contributed by atoms with Gasteiger partial charge in [-0.25, -0.2) is 13.6 Å². The Morgan fingerprint density at radius 1 is 1.27 bits per heavy atom. The number of carbonyl (C=O) groups excluding carboxylic acids is 1. The van der Waals surface area contributed by atoms with Gasteiger partial charge >= 0.3 is 5.97 Å². The Hall–Kier alpha value is -2.15. The molecule has 0 spiro atoms. The van der Waals surface area contributed by atoms with Gasteiger partial charge in [0.2, 0.25) is 0 Å². The van der Waals surface area contributed by atoms with E-state index in [1.54, 1.807) is 0 Å². The summed E-state index contributed by atoms with van der Waals surface area (Å²) in [6.45, 7) is 2.63. The van der Waals surface area contributed by atoms with Crippen molar-refractivity contribution >= 4 is 5.97 Å². The summed E-state index contributed by atoms with van der Waals surface area (Å²) in [4.78, 5) is 11.8. The molecule has 0 aromatic carbocycles. The molecule has 4 unspecified atom stereocenters. The minimum atomic E-state index is -4.19. The maximum absolute atomic E-state index is 12.6. The van der Waals surface area contributed by atoms with Crippen molar-refractivity contribution in [1.29, 1.82) is 0 Å². The van der Waals surface area contributed by atoms with Crippen LogP contribution < -0.4 is 0 Å². The molecule has 0 saturated heterocycles. The van der Waals surface area contributed by atoms with Gasteiger partial charge in [-0.15, -0.1) is 0 Å². The molecule has 2 aliphatic carbocycles. The van der Waals surface area contributed by atoms with E-state index in [0.717, 1.165) is 19.3 Å². The first-order chi connectivity index (χ1) is 11.2. The largest absolute Gasteiger partial charge is 0.462 e. The van der Waals surface area contributed by atoms with Crippen LogP contribution in [0.25, 0.3) is 0 Å². The van der Waals surface area contributed by atoms with Crippen LogP contribution in [-0.2, 0) is 14.3 Å². The quantitative estimate of drug-likeness (QED) is 0.139. The zero-order valence-corrected chi connectivity index (χ0v) is 21.3. The van der Waals surface area contributed by atoms with Crippen molar-refractivity contribution in [2.75, 3.05) is 19.8 Å². The van der Waals surface area contributed by atoms with Crippen molar-refractivity contribution in [1.82, 2.24) is 0 Å². The second-order valence-corrected chi connectivity index (χ2v) is 6.53. The number of alkyl halides is 2. The normalized spacial score (nSPS) is 27.0. The number of rotatable bonds is 9. The van der Waals surface area contributed by atoms with Gasteiger partial charge in [0.1, 0.15) is 0 Å². The minimum Gasteiger partial charge on any atom is -0.462 e. The van der Waals surface area contributed by atoms with Crippen LogP contribution in [0.4, 0.5) is 17.6 Å². The van der Waals surface area contributed by atoms with Crippen molar-refractivity contribution in [3.8, 4) is 0 Å². The van der Waals surface area contributed by atoms with Gasteiger partial charge in [-0.2, -0.15) is 0 Å². The molecule has 148 valence electrons. The van der Waals surface area contributed by atoms with E-state index in [9.17, 15) is 27.5 Å². The molecule has 0 amide bonds. The molecule has 9 heteroatoms. The van der Waals surface area contributed by atoms with Gasteiger partial charge in [0.25, 0.3) is 0 Å². The van der Waals surface area contributed by atoms with Crippen LogP contribution in [0.2, 0.25) is 0 Å². The fourth-order valence-corrected chi connectivity index (χ4v) is 3.48. The Morgan fingerprint density at radius 3 is 2.46 bits per heavy atom. The first kappa shape index (κ1) is 23.9. The summed E-state index contributed by atoms with van der Waals surface area (Å²) in [7, 11) is 0. The van der Waals surface area contributed by atoms with Gasteiger partial charge in [0.15, 0.2) is 5.92 Å². The average Bonchev–Trinajstić information content (AvgIpc) is 3.07. The fraction of sp³-hybridized carbons (Fsp3) is 0.706. The van der Waals surface area contributed by atoms with E-state index >= 15 is 0 Å². The van der Waals surface area contributed by atoms with E-state index in [1.165, 1.54) is 0 Å². The number of carbonyl (C=O) groups is 1. The topological polar surface area (TPSA) is 55.8 Å². The first-order valence-electron chi connectivity index (χ1n) is 7.87. The van der Waals surface area contributed by atoms with Crippen molar-refractivity contribution in [3.63, 3.8) is 0 Å². The number of hydrogen-bond donors (Lipinski definition) is 1. The van der Waals surface area contributed by atoms with Crippen molar-refractivity contribution in [2.45, 2.75) is 37.7 Å². The SMILES string of the molecule is C=C(COCCC(F)(F)[C-](F)F)C(=O)OCC1CC2CC(O)C1C2.[CH3-].[Sg]. The molecule has 4 nitrogen and oxygen atoms in total. The summed E-state index contributed by atoms with van der Waals surface area (Å²) in [6.07, 6.45) is -1.80. The van der Waals surface area contributed by atoms with E-state index in [1.807, 2.05) is 0 Å². The molecule has 4 atom stereocenters. The van der Waals surface area contributed by atoms with Gasteiger partial charge in [0, 0.05) is 6.42 Å². The van der Waals surface area contributed by atoms with Crippen molar-refractivity contribution in [3.05, 3.63) is 26.0 Å². The Balaban J connectivity index is 0.00000312. The van der Waals surface area contributed by atoms with Gasteiger partial charge in [-0.1, -0.05) is 6.58 Å². The number of ether oxygens (including phenoxy) is 2. The second-order valence-electron chi connectivity index (χ2n) is 6.53. The predicted molar refractivity (Wildman–Crippen MR) is 82.7 cm³/mol. The number of hydrogen-bond acceptors (Lipinski definition) is 4. The molecule has 2 fully saturated rings. The van der Waals surface area contributed by atoms with Gasteiger partial charge in [0.05, 0.1) is 37.9 Å². The second kappa shape index (κ2) is 9.52. The average molecular weight is 637 g/mol. The van der Waals surface area contributed by atoms with Crippen molar-refractivity contribution in [2.24, 2.45) is 17.8 Å². The van der Waals surface area contributed by atoms with Crippen LogP contribution in [0, 0.1) is 31.6 Å². The summed E-state index contributed by atoms with van der Waals surface area (Å²) < 4.78 is 58.9. The van der Waals surface area contributed by atoms with Gasteiger partial charge < -0.3 is 30.8 Å². The number of aliphatic hydroxyl groups excluding tert-OH is 1. The van der Waals surface area contributed by atoms with E-state index in [4.69, 9.17) is 9.47 Å². The third-order valence-electron chi connectivity index (χ3n) is 4.75. The monoisotopic (exact) mass is 639 g/mol. The van der Waals surface area contributed by atoms with E-state index in [-0.39, 0.29) is 44.2 Å². The summed E-state index contributed by atoms with van der Waals surface area (Å²) in [5.74, 6) is -4.14.